The minimum atomic E-state index is -0.556. The smallest absolute Gasteiger partial charge is 0.226 e. The molecule has 1 amide bonds. The zero-order valence-electron chi connectivity index (χ0n) is 10.4. The lowest BCUT2D eigenvalue weighted by molar-refractivity contribution is -0.129. The molecule has 0 aromatic heterocycles. The number of benzene rings is 1. The molecule has 0 saturated carbocycles. The van der Waals surface area contributed by atoms with E-state index in [1.807, 2.05) is 30.3 Å². The van der Waals surface area contributed by atoms with Gasteiger partial charge in [-0.05, 0) is 18.9 Å². The lowest BCUT2D eigenvalue weighted by atomic mass is 10.0. The van der Waals surface area contributed by atoms with E-state index in [0.29, 0.717) is 13.2 Å². The molecule has 4 nitrogen and oxygen atoms in total. The highest BCUT2D eigenvalue weighted by atomic mass is 16.5. The van der Waals surface area contributed by atoms with Gasteiger partial charge in [0.1, 0.15) is 6.04 Å². The van der Waals surface area contributed by atoms with Gasteiger partial charge in [0.05, 0.1) is 12.5 Å². The van der Waals surface area contributed by atoms with E-state index in [-0.39, 0.29) is 17.6 Å². The Balaban J connectivity index is 2.07. The maximum atomic E-state index is 12.0. The highest BCUT2D eigenvalue weighted by molar-refractivity contribution is 5.89. The largest absolute Gasteiger partial charge is 0.381 e. The highest BCUT2D eigenvalue weighted by Gasteiger charge is 2.27. The first-order valence-corrected chi connectivity index (χ1v) is 6.12. The van der Waals surface area contributed by atoms with Crippen LogP contribution in [0.25, 0.3) is 0 Å². The van der Waals surface area contributed by atoms with Crippen molar-refractivity contribution in [2.24, 2.45) is 5.92 Å². The number of Topliss-reactive ketones (excluding diaryl/α,β-unsaturated/α-hetero) is 1. The number of ether oxygens (including phenoxy) is 1. The van der Waals surface area contributed by atoms with Gasteiger partial charge in [-0.15, -0.1) is 0 Å². The Kier molecular flexibility index (Phi) is 4.10. The number of hydrogen-bond acceptors (Lipinski definition) is 3. The van der Waals surface area contributed by atoms with E-state index in [0.717, 1.165) is 12.0 Å². The maximum Gasteiger partial charge on any atom is 0.226 e. The molecule has 0 aliphatic carbocycles. The Morgan fingerprint density at radius 2 is 2.06 bits per heavy atom. The molecule has 4 heteroatoms. The molecule has 1 fully saturated rings. The fraction of sp³-hybridized carbons (Fsp3) is 0.429. The topological polar surface area (TPSA) is 55.4 Å². The fourth-order valence-electron chi connectivity index (χ4n) is 2.07. The summed E-state index contributed by atoms with van der Waals surface area (Å²) in [5.74, 6) is -0.291. The van der Waals surface area contributed by atoms with Gasteiger partial charge < -0.3 is 10.1 Å². The molecule has 1 aromatic carbocycles. The highest BCUT2D eigenvalue weighted by Crippen LogP contribution is 2.17. The number of amides is 1. The van der Waals surface area contributed by atoms with E-state index < -0.39 is 6.04 Å². The van der Waals surface area contributed by atoms with Crippen molar-refractivity contribution in [1.82, 2.24) is 5.32 Å². The van der Waals surface area contributed by atoms with Crippen LogP contribution in [0.4, 0.5) is 0 Å². The second kappa shape index (κ2) is 5.78. The van der Waals surface area contributed by atoms with E-state index in [2.05, 4.69) is 5.32 Å². The van der Waals surface area contributed by atoms with E-state index >= 15 is 0 Å². The van der Waals surface area contributed by atoms with Gasteiger partial charge in [0.2, 0.25) is 5.91 Å². The zero-order chi connectivity index (χ0) is 13.0. The monoisotopic (exact) mass is 247 g/mol. The van der Waals surface area contributed by atoms with Gasteiger partial charge in [-0.1, -0.05) is 30.3 Å². The summed E-state index contributed by atoms with van der Waals surface area (Å²) in [5, 5.41) is 2.81. The Morgan fingerprint density at radius 3 is 2.61 bits per heavy atom. The van der Waals surface area contributed by atoms with Crippen LogP contribution in [0.15, 0.2) is 30.3 Å². The molecule has 2 rings (SSSR count). The van der Waals surface area contributed by atoms with Crippen LogP contribution in [0.1, 0.15) is 24.9 Å². The molecular weight excluding hydrogens is 230 g/mol. The summed E-state index contributed by atoms with van der Waals surface area (Å²) in [4.78, 5) is 23.6. The summed E-state index contributed by atoms with van der Waals surface area (Å²) in [6, 6.07) is 8.73. The third kappa shape index (κ3) is 2.96. The van der Waals surface area contributed by atoms with Crippen LogP contribution in [-0.4, -0.2) is 24.9 Å². The van der Waals surface area contributed by atoms with Crippen LogP contribution >= 0.6 is 0 Å². The van der Waals surface area contributed by atoms with Crippen molar-refractivity contribution in [1.29, 1.82) is 0 Å². The molecule has 1 saturated heterocycles. The molecule has 0 radical (unpaired) electrons. The third-order valence-electron chi connectivity index (χ3n) is 3.13. The number of hydrogen-bond donors (Lipinski definition) is 1. The molecule has 0 spiro atoms. The second-order valence-corrected chi connectivity index (χ2v) is 4.52. The summed E-state index contributed by atoms with van der Waals surface area (Å²) < 4.78 is 5.18. The normalized spacial score (nSPS) is 20.4. The van der Waals surface area contributed by atoms with Crippen molar-refractivity contribution in [2.45, 2.75) is 19.4 Å². The molecule has 18 heavy (non-hydrogen) atoms. The van der Waals surface area contributed by atoms with Gasteiger partial charge in [-0.25, -0.2) is 0 Å². The van der Waals surface area contributed by atoms with Crippen molar-refractivity contribution in [3.8, 4) is 0 Å². The van der Waals surface area contributed by atoms with Crippen LogP contribution in [0.5, 0.6) is 0 Å². The average Bonchev–Trinajstić information content (AvgIpc) is 2.90. The summed E-state index contributed by atoms with van der Waals surface area (Å²) in [7, 11) is 0. The molecule has 0 bridgehead atoms. The number of rotatable bonds is 4. The third-order valence-corrected chi connectivity index (χ3v) is 3.13. The molecular formula is C14H17NO3. The van der Waals surface area contributed by atoms with Crippen LogP contribution in [0, 0.1) is 5.92 Å². The summed E-state index contributed by atoms with van der Waals surface area (Å²) in [6.07, 6.45) is 0.727. The van der Waals surface area contributed by atoms with Gasteiger partial charge in [0, 0.05) is 6.61 Å². The number of ketones is 1. The molecule has 1 aliphatic rings. The van der Waals surface area contributed by atoms with E-state index in [1.165, 1.54) is 6.92 Å². The van der Waals surface area contributed by atoms with Crippen molar-refractivity contribution in [3.63, 3.8) is 0 Å². The van der Waals surface area contributed by atoms with E-state index in [9.17, 15) is 9.59 Å². The van der Waals surface area contributed by atoms with Crippen molar-refractivity contribution in [3.05, 3.63) is 35.9 Å². The average molecular weight is 247 g/mol. The number of carbonyl (C=O) groups is 2. The Labute approximate surface area is 106 Å². The molecule has 1 N–H and O–H groups in total. The molecule has 1 aromatic rings. The second-order valence-electron chi connectivity index (χ2n) is 4.52. The van der Waals surface area contributed by atoms with E-state index in [1.54, 1.807) is 0 Å². The van der Waals surface area contributed by atoms with Crippen molar-refractivity contribution < 1.29 is 14.3 Å². The first-order valence-electron chi connectivity index (χ1n) is 6.12. The van der Waals surface area contributed by atoms with Crippen LogP contribution in [-0.2, 0) is 14.3 Å². The summed E-state index contributed by atoms with van der Waals surface area (Å²) in [6.45, 7) is 2.56. The molecule has 1 aliphatic heterocycles. The predicted molar refractivity (Wildman–Crippen MR) is 66.9 cm³/mol. The SMILES string of the molecule is CC(=O)[C@H](NC(=O)C1CCOC1)c1ccccc1. The van der Waals surface area contributed by atoms with Gasteiger partial charge in [0.15, 0.2) is 5.78 Å². The molecule has 96 valence electrons. The minimum Gasteiger partial charge on any atom is -0.381 e. The standard InChI is InChI=1S/C14H17NO3/c1-10(16)13(11-5-3-2-4-6-11)15-14(17)12-7-8-18-9-12/h2-6,12-13H,7-9H2,1H3,(H,15,17)/t12?,13-/m0/s1. The van der Waals surface area contributed by atoms with Crippen molar-refractivity contribution in [2.75, 3.05) is 13.2 Å². The zero-order valence-corrected chi connectivity index (χ0v) is 10.4. The lowest BCUT2D eigenvalue weighted by Crippen LogP contribution is -2.37. The first kappa shape index (κ1) is 12.8. The van der Waals surface area contributed by atoms with E-state index in [4.69, 9.17) is 4.74 Å². The Bertz CT molecular complexity index is 424. The fourth-order valence-corrected chi connectivity index (χ4v) is 2.07. The van der Waals surface area contributed by atoms with Gasteiger partial charge >= 0.3 is 0 Å². The molecule has 2 atom stereocenters. The maximum absolute atomic E-state index is 12.0. The summed E-state index contributed by atoms with van der Waals surface area (Å²) >= 11 is 0. The predicted octanol–water partition coefficient (Wildman–Crippen LogP) is 1.47. The Hall–Kier alpha value is -1.68. The number of carbonyl (C=O) groups excluding carboxylic acids is 2. The molecule has 1 unspecified atom stereocenters. The minimum absolute atomic E-state index is 0.0616. The van der Waals surface area contributed by atoms with Crippen LogP contribution < -0.4 is 5.32 Å². The van der Waals surface area contributed by atoms with Crippen LogP contribution in [0.2, 0.25) is 0 Å². The Morgan fingerprint density at radius 1 is 1.33 bits per heavy atom. The number of nitrogens with one attached hydrogen (secondary N) is 1. The molecule has 1 heterocycles. The first-order chi connectivity index (χ1) is 8.68. The quantitative estimate of drug-likeness (QED) is 0.876. The van der Waals surface area contributed by atoms with Gasteiger partial charge in [-0.3, -0.25) is 9.59 Å². The summed E-state index contributed by atoms with van der Waals surface area (Å²) in [5.41, 5.74) is 0.817. The van der Waals surface area contributed by atoms with Gasteiger partial charge in [-0.2, -0.15) is 0 Å². The van der Waals surface area contributed by atoms with Crippen LogP contribution in [0.3, 0.4) is 0 Å². The van der Waals surface area contributed by atoms with Gasteiger partial charge in [0.25, 0.3) is 0 Å². The lowest BCUT2D eigenvalue weighted by Gasteiger charge is -2.18. The van der Waals surface area contributed by atoms with Crippen molar-refractivity contribution >= 4 is 11.7 Å².